The zero-order valence-electron chi connectivity index (χ0n) is 9.45. The molecule has 1 nitrogen and oxygen atoms in total. The molecule has 0 radical (unpaired) electrons. The predicted molar refractivity (Wildman–Crippen MR) is 63.0 cm³/mol. The normalized spacial score (nSPS) is 25.7. The zero-order chi connectivity index (χ0) is 10.7. The van der Waals surface area contributed by atoms with Crippen LogP contribution in [0.3, 0.4) is 0 Å². The van der Waals surface area contributed by atoms with Gasteiger partial charge in [0.2, 0.25) is 0 Å². The molecule has 1 aliphatic rings. The van der Waals surface area contributed by atoms with Crippen LogP contribution in [0.25, 0.3) is 0 Å². The number of aryl methyl sites for hydroxylation is 1. The van der Waals surface area contributed by atoms with Gasteiger partial charge < -0.3 is 5.11 Å². The van der Waals surface area contributed by atoms with Crippen molar-refractivity contribution in [2.45, 2.75) is 51.0 Å². The SMILES string of the molecule is CCCc1ccc([C@H]2CCC[C@H]2O)cc1. The van der Waals surface area contributed by atoms with Crippen LogP contribution in [0, 0.1) is 0 Å². The van der Waals surface area contributed by atoms with E-state index in [-0.39, 0.29) is 6.10 Å². The number of hydrogen-bond donors (Lipinski definition) is 1. The van der Waals surface area contributed by atoms with Gasteiger partial charge in [-0.2, -0.15) is 0 Å². The van der Waals surface area contributed by atoms with Gasteiger partial charge in [-0.15, -0.1) is 0 Å². The summed E-state index contributed by atoms with van der Waals surface area (Å²) in [6.07, 6.45) is 5.54. The van der Waals surface area contributed by atoms with Crippen molar-refractivity contribution in [1.29, 1.82) is 0 Å². The maximum absolute atomic E-state index is 9.82. The summed E-state index contributed by atoms with van der Waals surface area (Å²) in [4.78, 5) is 0. The molecule has 1 aliphatic carbocycles. The fourth-order valence-corrected chi connectivity index (χ4v) is 2.55. The first-order valence-electron chi connectivity index (χ1n) is 6.08. The van der Waals surface area contributed by atoms with Crippen LogP contribution in [0.4, 0.5) is 0 Å². The van der Waals surface area contributed by atoms with Gasteiger partial charge in [0.25, 0.3) is 0 Å². The van der Waals surface area contributed by atoms with Crippen molar-refractivity contribution in [3.05, 3.63) is 35.4 Å². The molecule has 0 saturated heterocycles. The maximum Gasteiger partial charge on any atom is 0.0608 e. The topological polar surface area (TPSA) is 20.2 Å². The third-order valence-corrected chi connectivity index (χ3v) is 3.43. The van der Waals surface area contributed by atoms with Crippen molar-refractivity contribution in [1.82, 2.24) is 0 Å². The Balaban J connectivity index is 2.09. The van der Waals surface area contributed by atoms with Crippen molar-refractivity contribution in [3.8, 4) is 0 Å². The Hall–Kier alpha value is -0.820. The van der Waals surface area contributed by atoms with E-state index < -0.39 is 0 Å². The third-order valence-electron chi connectivity index (χ3n) is 3.43. The summed E-state index contributed by atoms with van der Waals surface area (Å²) in [7, 11) is 0. The Morgan fingerprint density at radius 3 is 2.47 bits per heavy atom. The zero-order valence-corrected chi connectivity index (χ0v) is 9.45. The van der Waals surface area contributed by atoms with Gasteiger partial charge in [0, 0.05) is 5.92 Å². The molecule has 2 atom stereocenters. The first-order chi connectivity index (χ1) is 7.31. The van der Waals surface area contributed by atoms with E-state index in [1.54, 1.807) is 0 Å². The second-order valence-electron chi connectivity index (χ2n) is 4.60. The van der Waals surface area contributed by atoms with E-state index >= 15 is 0 Å². The lowest BCUT2D eigenvalue weighted by atomic mass is 9.94. The van der Waals surface area contributed by atoms with E-state index in [0.717, 1.165) is 19.3 Å². The first kappa shape index (κ1) is 10.7. The van der Waals surface area contributed by atoms with Gasteiger partial charge in [-0.3, -0.25) is 0 Å². The lowest BCUT2D eigenvalue weighted by Gasteiger charge is -2.15. The maximum atomic E-state index is 9.82. The van der Waals surface area contributed by atoms with Gasteiger partial charge in [-0.05, 0) is 30.4 Å². The van der Waals surface area contributed by atoms with Gasteiger partial charge in [-0.1, -0.05) is 44.0 Å². The van der Waals surface area contributed by atoms with Crippen LogP contribution < -0.4 is 0 Å². The van der Waals surface area contributed by atoms with Crippen molar-refractivity contribution >= 4 is 0 Å². The van der Waals surface area contributed by atoms with Crippen molar-refractivity contribution in [2.75, 3.05) is 0 Å². The third kappa shape index (κ3) is 2.40. The van der Waals surface area contributed by atoms with Crippen LogP contribution in [0.15, 0.2) is 24.3 Å². The molecule has 1 saturated carbocycles. The van der Waals surface area contributed by atoms with E-state index in [1.165, 1.54) is 24.0 Å². The van der Waals surface area contributed by atoms with Crippen LogP contribution in [0.2, 0.25) is 0 Å². The quantitative estimate of drug-likeness (QED) is 0.801. The second-order valence-corrected chi connectivity index (χ2v) is 4.60. The summed E-state index contributed by atoms with van der Waals surface area (Å²) in [5.74, 6) is 0.390. The highest BCUT2D eigenvalue weighted by molar-refractivity contribution is 5.27. The molecule has 82 valence electrons. The minimum Gasteiger partial charge on any atom is -0.392 e. The van der Waals surface area contributed by atoms with E-state index in [1.807, 2.05) is 0 Å². The molecule has 1 aromatic carbocycles. The minimum absolute atomic E-state index is 0.109. The van der Waals surface area contributed by atoms with Crippen molar-refractivity contribution < 1.29 is 5.11 Å². The Morgan fingerprint density at radius 2 is 1.93 bits per heavy atom. The van der Waals surface area contributed by atoms with Gasteiger partial charge in [0.15, 0.2) is 0 Å². The standard InChI is InChI=1S/C14H20O/c1-2-4-11-7-9-12(10-8-11)13-5-3-6-14(13)15/h7-10,13-15H,2-6H2,1H3/t13-,14-/m1/s1. The molecular weight excluding hydrogens is 184 g/mol. The molecule has 2 rings (SSSR count). The van der Waals surface area contributed by atoms with Crippen molar-refractivity contribution in [2.24, 2.45) is 0 Å². The fraction of sp³-hybridized carbons (Fsp3) is 0.571. The largest absolute Gasteiger partial charge is 0.392 e. The number of aliphatic hydroxyl groups excluding tert-OH is 1. The molecule has 1 fully saturated rings. The number of rotatable bonds is 3. The van der Waals surface area contributed by atoms with Gasteiger partial charge in [0.05, 0.1) is 6.10 Å². The molecule has 1 heteroatoms. The average Bonchev–Trinajstić information content (AvgIpc) is 2.66. The summed E-state index contributed by atoms with van der Waals surface area (Å²) < 4.78 is 0. The summed E-state index contributed by atoms with van der Waals surface area (Å²) in [5.41, 5.74) is 2.73. The molecular formula is C14H20O. The lowest BCUT2D eigenvalue weighted by Crippen LogP contribution is -2.10. The Labute approximate surface area is 92.1 Å². The van der Waals surface area contributed by atoms with Gasteiger partial charge in [-0.25, -0.2) is 0 Å². The highest BCUT2D eigenvalue weighted by Gasteiger charge is 2.26. The molecule has 0 heterocycles. The minimum atomic E-state index is -0.109. The summed E-state index contributed by atoms with van der Waals surface area (Å²) in [6, 6.07) is 8.82. The highest BCUT2D eigenvalue weighted by Crippen LogP contribution is 2.34. The predicted octanol–water partition coefficient (Wildman–Crippen LogP) is 3.27. The molecule has 0 aromatic heterocycles. The van der Waals surface area contributed by atoms with Crippen LogP contribution in [-0.2, 0) is 6.42 Å². The molecule has 0 aliphatic heterocycles. The average molecular weight is 204 g/mol. The molecule has 0 spiro atoms. The van der Waals surface area contributed by atoms with Crippen molar-refractivity contribution in [3.63, 3.8) is 0 Å². The first-order valence-corrected chi connectivity index (χ1v) is 6.08. The van der Waals surface area contributed by atoms with Gasteiger partial charge in [0.1, 0.15) is 0 Å². The molecule has 0 amide bonds. The second kappa shape index (κ2) is 4.80. The molecule has 1 aromatic rings. The van der Waals surface area contributed by atoms with E-state index in [0.29, 0.717) is 5.92 Å². The Kier molecular flexibility index (Phi) is 3.42. The fourth-order valence-electron chi connectivity index (χ4n) is 2.55. The molecule has 15 heavy (non-hydrogen) atoms. The molecule has 0 unspecified atom stereocenters. The monoisotopic (exact) mass is 204 g/mol. The summed E-state index contributed by atoms with van der Waals surface area (Å²) in [5, 5.41) is 9.82. The smallest absolute Gasteiger partial charge is 0.0608 e. The highest BCUT2D eigenvalue weighted by atomic mass is 16.3. The summed E-state index contributed by atoms with van der Waals surface area (Å²) >= 11 is 0. The van der Waals surface area contributed by atoms with E-state index in [4.69, 9.17) is 0 Å². The Bertz CT molecular complexity index is 302. The van der Waals surface area contributed by atoms with Crippen LogP contribution in [-0.4, -0.2) is 11.2 Å². The summed E-state index contributed by atoms with van der Waals surface area (Å²) in [6.45, 7) is 2.20. The number of hydrogen-bond acceptors (Lipinski definition) is 1. The van der Waals surface area contributed by atoms with E-state index in [2.05, 4.69) is 31.2 Å². The van der Waals surface area contributed by atoms with E-state index in [9.17, 15) is 5.11 Å². The Morgan fingerprint density at radius 1 is 1.20 bits per heavy atom. The number of aliphatic hydroxyl groups is 1. The molecule has 1 N–H and O–H groups in total. The van der Waals surface area contributed by atoms with Crippen LogP contribution in [0.1, 0.15) is 49.7 Å². The van der Waals surface area contributed by atoms with Crippen LogP contribution >= 0.6 is 0 Å². The molecule has 0 bridgehead atoms. The number of benzene rings is 1. The van der Waals surface area contributed by atoms with Crippen LogP contribution in [0.5, 0.6) is 0 Å². The van der Waals surface area contributed by atoms with Gasteiger partial charge >= 0.3 is 0 Å². The lowest BCUT2D eigenvalue weighted by molar-refractivity contribution is 0.164.